The maximum Gasteiger partial charge on any atom is 0.0223 e. The summed E-state index contributed by atoms with van der Waals surface area (Å²) in [5.41, 5.74) is 1.42. The van der Waals surface area contributed by atoms with Crippen LogP contribution >= 0.6 is 11.8 Å². The molecular weight excluding hydrogens is 164 g/mol. The molecule has 1 aromatic carbocycles. The van der Waals surface area contributed by atoms with Gasteiger partial charge in [0, 0.05) is 10.6 Å². The number of allylic oxidation sites excluding steroid dienone is 1. The van der Waals surface area contributed by atoms with E-state index >= 15 is 0 Å². The number of hydrogen-bond donors (Lipinski definition) is 0. The van der Waals surface area contributed by atoms with Gasteiger partial charge in [-0.2, -0.15) is 0 Å². The van der Waals surface area contributed by atoms with Crippen LogP contribution in [0.5, 0.6) is 0 Å². The van der Waals surface area contributed by atoms with E-state index in [-0.39, 0.29) is 0 Å². The first-order valence-electron chi connectivity index (χ1n) is 4.09. The first-order valence-corrected chi connectivity index (χ1v) is 5.08. The summed E-state index contributed by atoms with van der Waals surface area (Å²) in [5.74, 6) is 1.14. The van der Waals surface area contributed by atoms with E-state index in [1.54, 1.807) is 0 Å². The molecule has 0 radical (unpaired) electrons. The maximum absolute atomic E-state index is 2.30. The highest BCUT2D eigenvalue weighted by Gasteiger charge is 2.09. The molecule has 3 rings (SSSR count). The molecule has 1 aliphatic heterocycles. The van der Waals surface area contributed by atoms with Crippen LogP contribution in [-0.2, 0) is 0 Å². The molecule has 1 heteroatoms. The van der Waals surface area contributed by atoms with Crippen LogP contribution in [0.15, 0.2) is 23.1 Å². The van der Waals surface area contributed by atoms with Crippen molar-refractivity contribution in [1.29, 1.82) is 0 Å². The second-order valence-electron chi connectivity index (χ2n) is 3.03. The molecule has 1 heterocycles. The fourth-order valence-corrected chi connectivity index (χ4v) is 2.82. The summed E-state index contributed by atoms with van der Waals surface area (Å²) < 4.78 is 0. The van der Waals surface area contributed by atoms with E-state index in [2.05, 4.69) is 36.4 Å². The Balaban J connectivity index is 2.50. The monoisotopic (exact) mass is 172 g/mol. The van der Waals surface area contributed by atoms with Crippen molar-refractivity contribution in [2.24, 2.45) is 0 Å². The van der Waals surface area contributed by atoms with Gasteiger partial charge < -0.3 is 0 Å². The molecule has 0 fully saturated rings. The minimum Gasteiger partial charge on any atom is -0.121 e. The third-order valence-electron chi connectivity index (χ3n) is 2.33. The molecule has 1 aliphatic carbocycles. The van der Waals surface area contributed by atoms with E-state index in [4.69, 9.17) is 0 Å². The zero-order chi connectivity index (χ0) is 7.97. The molecule has 0 aromatic heterocycles. The van der Waals surface area contributed by atoms with Gasteiger partial charge in [0.1, 0.15) is 0 Å². The van der Waals surface area contributed by atoms with E-state index in [0.29, 0.717) is 0 Å². The van der Waals surface area contributed by atoms with Crippen LogP contribution in [-0.4, -0.2) is 5.75 Å². The fraction of sp³-hybridized carbons (Fsp3) is 0.0909. The van der Waals surface area contributed by atoms with Gasteiger partial charge in [-0.05, 0) is 16.0 Å². The number of hydrogen-bond acceptors (Lipinski definition) is 1. The summed E-state index contributed by atoms with van der Waals surface area (Å²) in [4.78, 5) is 1.47. The highest BCUT2D eigenvalue weighted by Crippen LogP contribution is 2.23. The van der Waals surface area contributed by atoms with E-state index in [9.17, 15) is 0 Å². The van der Waals surface area contributed by atoms with Crippen LogP contribution in [0, 0.1) is 0 Å². The van der Waals surface area contributed by atoms with E-state index in [1.165, 1.54) is 20.9 Å². The van der Waals surface area contributed by atoms with Crippen molar-refractivity contribution in [3.63, 3.8) is 0 Å². The fourth-order valence-electron chi connectivity index (χ4n) is 1.73. The molecule has 0 N–H and O–H groups in total. The largest absolute Gasteiger partial charge is 0.121 e. The van der Waals surface area contributed by atoms with Crippen LogP contribution in [0.25, 0.3) is 18.2 Å². The quantitative estimate of drug-likeness (QED) is 0.569. The number of thioether (sulfide) groups is 1. The zero-order valence-electron chi connectivity index (χ0n) is 6.58. The summed E-state index contributed by atoms with van der Waals surface area (Å²) in [5, 5.41) is 2.79. The predicted molar refractivity (Wildman–Crippen MR) is 54.4 cm³/mol. The van der Waals surface area contributed by atoms with Gasteiger partial charge >= 0.3 is 0 Å². The van der Waals surface area contributed by atoms with Gasteiger partial charge in [-0.3, -0.25) is 0 Å². The second kappa shape index (κ2) is 2.27. The molecule has 0 atom stereocenters. The van der Waals surface area contributed by atoms with Crippen molar-refractivity contribution in [3.05, 3.63) is 34.2 Å². The minimum absolute atomic E-state index is 1.14. The van der Waals surface area contributed by atoms with Gasteiger partial charge in [-0.15, -0.1) is 11.8 Å². The highest BCUT2D eigenvalue weighted by molar-refractivity contribution is 8.00. The number of fused-ring (bicyclic) bond motifs is 3. The average molecular weight is 172 g/mol. The zero-order valence-corrected chi connectivity index (χ0v) is 7.40. The second-order valence-corrected chi connectivity index (χ2v) is 4.06. The van der Waals surface area contributed by atoms with Crippen molar-refractivity contribution in [2.45, 2.75) is 4.90 Å². The first-order chi connectivity index (χ1) is 5.95. The summed E-state index contributed by atoms with van der Waals surface area (Å²) >= 11 is 1.95. The lowest BCUT2D eigenvalue weighted by Crippen LogP contribution is -2.11. The standard InChI is InChI=1S/C11H8S/c1-2-8-4-5-9-6-7-12-11(9)10(8)3-1/h1-6H,7H2. The van der Waals surface area contributed by atoms with Gasteiger partial charge in [0.05, 0.1) is 0 Å². The van der Waals surface area contributed by atoms with Crippen molar-refractivity contribution >= 4 is 30.0 Å². The molecule has 0 unspecified atom stereocenters. The Morgan fingerprint density at radius 1 is 1.17 bits per heavy atom. The van der Waals surface area contributed by atoms with Crippen LogP contribution < -0.4 is 10.4 Å². The van der Waals surface area contributed by atoms with Crippen LogP contribution in [0.4, 0.5) is 0 Å². The molecule has 0 bridgehead atoms. The summed E-state index contributed by atoms with van der Waals surface area (Å²) in [6.45, 7) is 0. The molecule has 12 heavy (non-hydrogen) atoms. The van der Waals surface area contributed by atoms with Gasteiger partial charge in [0.15, 0.2) is 0 Å². The molecular formula is C11H8S. The van der Waals surface area contributed by atoms with Crippen molar-refractivity contribution in [3.8, 4) is 0 Å². The van der Waals surface area contributed by atoms with E-state index in [1.807, 2.05) is 11.8 Å². The normalized spacial score (nSPS) is 16.7. The molecule has 0 saturated carbocycles. The molecule has 0 amide bonds. The number of rotatable bonds is 0. The third kappa shape index (κ3) is 0.745. The Labute approximate surface area is 75.3 Å². The van der Waals surface area contributed by atoms with Crippen molar-refractivity contribution in [2.75, 3.05) is 5.75 Å². The molecule has 0 nitrogen and oxygen atoms in total. The van der Waals surface area contributed by atoms with Gasteiger partial charge in [0.25, 0.3) is 0 Å². The lowest BCUT2D eigenvalue weighted by atomic mass is 10.1. The lowest BCUT2D eigenvalue weighted by molar-refractivity contribution is 1.34. The van der Waals surface area contributed by atoms with Gasteiger partial charge in [0.2, 0.25) is 0 Å². The SMILES string of the molecule is C1=Cc2c3c(ccc2=C1)=CCS3. The molecule has 0 saturated heterocycles. The molecule has 2 aliphatic rings. The van der Waals surface area contributed by atoms with Crippen LogP contribution in [0.3, 0.4) is 0 Å². The van der Waals surface area contributed by atoms with Crippen LogP contribution in [0.2, 0.25) is 0 Å². The van der Waals surface area contributed by atoms with E-state index in [0.717, 1.165) is 5.75 Å². The Morgan fingerprint density at radius 2 is 2.08 bits per heavy atom. The molecule has 1 aromatic rings. The highest BCUT2D eigenvalue weighted by atomic mass is 32.2. The predicted octanol–water partition coefficient (Wildman–Crippen LogP) is 1.38. The third-order valence-corrected chi connectivity index (χ3v) is 3.41. The first kappa shape index (κ1) is 6.55. The Kier molecular flexibility index (Phi) is 1.24. The Hall–Kier alpha value is -0.950. The smallest absolute Gasteiger partial charge is 0.0223 e. The maximum atomic E-state index is 2.30. The summed E-state index contributed by atoms with van der Waals surface area (Å²) in [7, 11) is 0. The topological polar surface area (TPSA) is 0 Å². The van der Waals surface area contributed by atoms with E-state index < -0.39 is 0 Å². The number of benzene rings is 1. The van der Waals surface area contributed by atoms with Gasteiger partial charge in [-0.25, -0.2) is 0 Å². The van der Waals surface area contributed by atoms with Crippen molar-refractivity contribution in [1.82, 2.24) is 0 Å². The summed E-state index contributed by atoms with van der Waals surface area (Å²) in [6, 6.07) is 4.42. The molecule has 58 valence electrons. The van der Waals surface area contributed by atoms with Crippen LogP contribution in [0.1, 0.15) is 5.56 Å². The van der Waals surface area contributed by atoms with Gasteiger partial charge in [-0.1, -0.05) is 36.4 Å². The summed E-state index contributed by atoms with van der Waals surface area (Å²) in [6.07, 6.45) is 8.81. The average Bonchev–Trinajstić information content (AvgIpc) is 2.71. The molecule has 0 spiro atoms. The van der Waals surface area contributed by atoms with Crippen molar-refractivity contribution < 1.29 is 0 Å². The Bertz CT molecular complexity index is 480. The Morgan fingerprint density at radius 3 is 3.08 bits per heavy atom. The lowest BCUT2D eigenvalue weighted by Gasteiger charge is -1.98. The minimum atomic E-state index is 1.14.